The molecule has 0 aliphatic carbocycles. The number of benzene rings is 1. The van der Waals surface area contributed by atoms with Gasteiger partial charge in [0.25, 0.3) is 0 Å². The van der Waals surface area contributed by atoms with Gasteiger partial charge in [-0.3, -0.25) is 0 Å². The van der Waals surface area contributed by atoms with E-state index in [9.17, 15) is 5.11 Å². The molecule has 1 heterocycles. The summed E-state index contributed by atoms with van der Waals surface area (Å²) >= 11 is 7.45. The number of halogens is 1. The van der Waals surface area contributed by atoms with Crippen LogP contribution in [0.2, 0.25) is 5.02 Å². The molecule has 0 spiro atoms. The number of aliphatic hydroxyl groups excluding tert-OH is 1. The second kappa shape index (κ2) is 6.78. The summed E-state index contributed by atoms with van der Waals surface area (Å²) in [5.41, 5.74) is 1.27. The first-order valence-electron chi connectivity index (χ1n) is 5.81. The fourth-order valence-corrected chi connectivity index (χ4v) is 2.40. The zero-order chi connectivity index (χ0) is 12.8. The topological polar surface area (TPSA) is 29.5 Å². The highest BCUT2D eigenvalue weighted by Crippen LogP contribution is 2.16. The predicted octanol–water partition coefficient (Wildman–Crippen LogP) is 3.77. The largest absolute Gasteiger partial charge is 0.491 e. The third-order valence-electron chi connectivity index (χ3n) is 2.60. The van der Waals surface area contributed by atoms with Crippen LogP contribution in [0.4, 0.5) is 0 Å². The van der Waals surface area contributed by atoms with Crippen LogP contribution in [0.5, 0.6) is 5.75 Å². The third kappa shape index (κ3) is 4.33. The van der Waals surface area contributed by atoms with Crippen LogP contribution >= 0.6 is 22.9 Å². The van der Waals surface area contributed by atoms with E-state index in [1.54, 1.807) is 35.6 Å². The molecule has 0 saturated heterocycles. The molecule has 0 fully saturated rings. The van der Waals surface area contributed by atoms with Gasteiger partial charge < -0.3 is 9.84 Å². The van der Waals surface area contributed by atoms with Crippen LogP contribution in [0, 0.1) is 0 Å². The van der Waals surface area contributed by atoms with Gasteiger partial charge in [0.2, 0.25) is 0 Å². The van der Waals surface area contributed by atoms with E-state index in [4.69, 9.17) is 16.3 Å². The molecule has 2 rings (SSSR count). The van der Waals surface area contributed by atoms with Crippen molar-refractivity contribution in [3.05, 3.63) is 51.7 Å². The summed E-state index contributed by atoms with van der Waals surface area (Å²) < 4.78 is 5.49. The van der Waals surface area contributed by atoms with Crippen molar-refractivity contribution in [2.24, 2.45) is 0 Å². The van der Waals surface area contributed by atoms with Crippen molar-refractivity contribution in [2.75, 3.05) is 6.61 Å². The molecule has 1 unspecified atom stereocenters. The standard InChI is InChI=1S/C14H15ClO2S/c15-12-2-5-14(6-3-12)17-9-13(16)4-1-11-7-8-18-10-11/h2-3,5-8,10,13,16H,1,4,9H2. The molecule has 2 nitrogen and oxygen atoms in total. The normalized spacial score (nSPS) is 12.3. The van der Waals surface area contributed by atoms with Crippen molar-refractivity contribution < 1.29 is 9.84 Å². The summed E-state index contributed by atoms with van der Waals surface area (Å²) in [5.74, 6) is 0.731. The average Bonchev–Trinajstić information content (AvgIpc) is 2.89. The van der Waals surface area contributed by atoms with Crippen molar-refractivity contribution in [3.8, 4) is 5.75 Å². The number of hydrogen-bond donors (Lipinski definition) is 1. The van der Waals surface area contributed by atoms with Crippen molar-refractivity contribution in [1.29, 1.82) is 0 Å². The molecule has 2 aromatic rings. The Balaban J connectivity index is 1.71. The van der Waals surface area contributed by atoms with E-state index < -0.39 is 6.10 Å². The van der Waals surface area contributed by atoms with Crippen LogP contribution in [0.3, 0.4) is 0 Å². The summed E-state index contributed by atoms with van der Waals surface area (Å²) in [6.07, 6.45) is 1.15. The van der Waals surface area contributed by atoms with E-state index in [0.29, 0.717) is 18.1 Å². The van der Waals surface area contributed by atoms with E-state index in [2.05, 4.69) is 11.4 Å². The van der Waals surface area contributed by atoms with Crippen molar-refractivity contribution >= 4 is 22.9 Å². The minimum absolute atomic E-state index is 0.311. The monoisotopic (exact) mass is 282 g/mol. The third-order valence-corrected chi connectivity index (χ3v) is 3.59. The quantitative estimate of drug-likeness (QED) is 0.874. The molecule has 0 amide bonds. The molecule has 0 saturated carbocycles. The Morgan fingerprint density at radius 3 is 2.67 bits per heavy atom. The zero-order valence-electron chi connectivity index (χ0n) is 9.88. The Morgan fingerprint density at radius 1 is 1.22 bits per heavy atom. The summed E-state index contributed by atoms with van der Waals surface area (Å²) in [6, 6.07) is 9.22. The van der Waals surface area contributed by atoms with Crippen LogP contribution in [0.1, 0.15) is 12.0 Å². The first kappa shape index (κ1) is 13.4. The van der Waals surface area contributed by atoms with Crippen molar-refractivity contribution in [2.45, 2.75) is 18.9 Å². The van der Waals surface area contributed by atoms with Gasteiger partial charge in [-0.05, 0) is 59.5 Å². The number of hydrogen-bond acceptors (Lipinski definition) is 3. The lowest BCUT2D eigenvalue weighted by atomic mass is 10.1. The highest BCUT2D eigenvalue weighted by atomic mass is 35.5. The second-order valence-corrected chi connectivity index (χ2v) is 5.31. The molecule has 1 aromatic heterocycles. The van der Waals surface area contributed by atoms with Gasteiger partial charge in [-0.25, -0.2) is 0 Å². The molecule has 1 atom stereocenters. The number of aliphatic hydroxyl groups is 1. The molecule has 0 bridgehead atoms. The summed E-state index contributed by atoms with van der Waals surface area (Å²) in [5, 5.41) is 14.6. The lowest BCUT2D eigenvalue weighted by Gasteiger charge is -2.11. The smallest absolute Gasteiger partial charge is 0.119 e. The summed E-state index contributed by atoms with van der Waals surface area (Å²) in [4.78, 5) is 0. The zero-order valence-corrected chi connectivity index (χ0v) is 11.5. The van der Waals surface area contributed by atoms with Crippen LogP contribution in [0.25, 0.3) is 0 Å². The Labute approximate surface area is 116 Å². The van der Waals surface area contributed by atoms with Crippen LogP contribution in [-0.2, 0) is 6.42 Å². The fraction of sp³-hybridized carbons (Fsp3) is 0.286. The molecule has 4 heteroatoms. The highest BCUT2D eigenvalue weighted by Gasteiger charge is 2.06. The maximum atomic E-state index is 9.82. The lowest BCUT2D eigenvalue weighted by Crippen LogP contribution is -2.18. The maximum Gasteiger partial charge on any atom is 0.119 e. The van der Waals surface area contributed by atoms with Crippen molar-refractivity contribution in [3.63, 3.8) is 0 Å². The van der Waals surface area contributed by atoms with Gasteiger partial charge in [-0.15, -0.1) is 0 Å². The number of ether oxygens (including phenoxy) is 1. The van der Waals surface area contributed by atoms with E-state index in [-0.39, 0.29) is 0 Å². The van der Waals surface area contributed by atoms with Gasteiger partial charge in [-0.2, -0.15) is 11.3 Å². The van der Waals surface area contributed by atoms with Crippen LogP contribution < -0.4 is 4.74 Å². The van der Waals surface area contributed by atoms with E-state index in [1.807, 2.05) is 5.38 Å². The van der Waals surface area contributed by atoms with Crippen LogP contribution in [0.15, 0.2) is 41.1 Å². The Bertz CT molecular complexity index is 453. The van der Waals surface area contributed by atoms with Gasteiger partial charge in [0.15, 0.2) is 0 Å². The molecular weight excluding hydrogens is 268 g/mol. The summed E-state index contributed by atoms with van der Waals surface area (Å²) in [7, 11) is 0. The van der Waals surface area contributed by atoms with Crippen molar-refractivity contribution in [1.82, 2.24) is 0 Å². The minimum atomic E-state index is -0.444. The van der Waals surface area contributed by atoms with Gasteiger partial charge in [0.05, 0.1) is 6.10 Å². The molecular formula is C14H15ClO2S. The number of aryl methyl sites for hydroxylation is 1. The average molecular weight is 283 g/mol. The van der Waals surface area contributed by atoms with E-state index >= 15 is 0 Å². The molecule has 18 heavy (non-hydrogen) atoms. The molecule has 1 N–H and O–H groups in total. The molecule has 96 valence electrons. The number of thiophene rings is 1. The van der Waals surface area contributed by atoms with Gasteiger partial charge in [0, 0.05) is 5.02 Å². The first-order valence-corrected chi connectivity index (χ1v) is 7.13. The van der Waals surface area contributed by atoms with Gasteiger partial charge >= 0.3 is 0 Å². The van der Waals surface area contributed by atoms with Crippen LogP contribution in [-0.4, -0.2) is 17.8 Å². The Kier molecular flexibility index (Phi) is 5.05. The van der Waals surface area contributed by atoms with E-state index in [1.165, 1.54) is 5.56 Å². The maximum absolute atomic E-state index is 9.82. The molecule has 0 aliphatic heterocycles. The molecule has 0 aliphatic rings. The highest BCUT2D eigenvalue weighted by molar-refractivity contribution is 7.07. The fourth-order valence-electron chi connectivity index (χ4n) is 1.57. The molecule has 0 radical (unpaired) electrons. The SMILES string of the molecule is OC(CCc1ccsc1)COc1ccc(Cl)cc1. The molecule has 1 aromatic carbocycles. The lowest BCUT2D eigenvalue weighted by molar-refractivity contribution is 0.100. The van der Waals surface area contributed by atoms with Gasteiger partial charge in [0.1, 0.15) is 12.4 Å². The predicted molar refractivity (Wildman–Crippen MR) is 75.6 cm³/mol. The minimum Gasteiger partial charge on any atom is -0.491 e. The number of rotatable bonds is 6. The Morgan fingerprint density at radius 2 is 2.00 bits per heavy atom. The first-order chi connectivity index (χ1) is 8.74. The van der Waals surface area contributed by atoms with Gasteiger partial charge in [-0.1, -0.05) is 11.6 Å². The second-order valence-electron chi connectivity index (χ2n) is 4.09. The Hall–Kier alpha value is -1.03. The van der Waals surface area contributed by atoms with E-state index in [0.717, 1.165) is 12.2 Å². The summed E-state index contributed by atoms with van der Waals surface area (Å²) in [6.45, 7) is 0.311.